The van der Waals surface area contributed by atoms with Crippen molar-refractivity contribution in [1.29, 1.82) is 0 Å². The van der Waals surface area contributed by atoms with E-state index in [0.717, 1.165) is 24.5 Å². The van der Waals surface area contributed by atoms with E-state index < -0.39 is 0 Å². The second-order valence-electron chi connectivity index (χ2n) is 6.72. The number of phenols is 1. The quantitative estimate of drug-likeness (QED) is 0.928. The van der Waals surface area contributed by atoms with Crippen LogP contribution in [0.4, 0.5) is 5.69 Å². The summed E-state index contributed by atoms with van der Waals surface area (Å²) < 4.78 is 1.81. The molecule has 0 aliphatic carbocycles. The molecular weight excluding hydrogens is 316 g/mol. The minimum atomic E-state index is 0.0617. The molecule has 1 saturated heterocycles. The van der Waals surface area contributed by atoms with E-state index in [-0.39, 0.29) is 11.7 Å². The van der Waals surface area contributed by atoms with Gasteiger partial charge in [-0.25, -0.2) is 0 Å². The molecule has 134 valence electrons. The summed E-state index contributed by atoms with van der Waals surface area (Å²) in [5, 5.41) is 14.0. The third-order valence-electron chi connectivity index (χ3n) is 4.69. The van der Waals surface area contributed by atoms with Crippen molar-refractivity contribution in [1.82, 2.24) is 14.7 Å². The van der Waals surface area contributed by atoms with E-state index >= 15 is 0 Å². The summed E-state index contributed by atoms with van der Waals surface area (Å²) >= 11 is 0. The fourth-order valence-electron chi connectivity index (χ4n) is 3.13. The first-order valence-electron chi connectivity index (χ1n) is 8.90. The highest BCUT2D eigenvalue weighted by molar-refractivity contribution is 5.93. The Kier molecular flexibility index (Phi) is 4.97. The van der Waals surface area contributed by atoms with E-state index in [1.54, 1.807) is 12.1 Å². The molecule has 0 saturated carbocycles. The van der Waals surface area contributed by atoms with Crippen molar-refractivity contribution in [3.63, 3.8) is 0 Å². The van der Waals surface area contributed by atoms with Crippen molar-refractivity contribution in [3.05, 3.63) is 41.7 Å². The molecule has 6 heteroatoms. The molecule has 1 aromatic carbocycles. The Morgan fingerprint density at radius 2 is 1.80 bits per heavy atom. The highest BCUT2D eigenvalue weighted by Crippen LogP contribution is 2.21. The first-order chi connectivity index (χ1) is 12.0. The Hall–Kier alpha value is -2.50. The molecule has 0 atom stereocenters. The van der Waals surface area contributed by atoms with Crippen LogP contribution in [0.15, 0.2) is 30.3 Å². The van der Waals surface area contributed by atoms with E-state index in [9.17, 15) is 9.90 Å². The Balaban J connectivity index is 1.68. The number of aromatic hydroxyl groups is 1. The van der Waals surface area contributed by atoms with Crippen LogP contribution < -0.4 is 4.90 Å². The number of rotatable bonds is 4. The fourth-order valence-corrected chi connectivity index (χ4v) is 3.13. The smallest absolute Gasteiger partial charge is 0.272 e. The summed E-state index contributed by atoms with van der Waals surface area (Å²) in [5.74, 6) is 0.642. The number of benzene rings is 1. The van der Waals surface area contributed by atoms with Gasteiger partial charge >= 0.3 is 0 Å². The van der Waals surface area contributed by atoms with Gasteiger partial charge < -0.3 is 14.9 Å². The Morgan fingerprint density at radius 3 is 2.36 bits per heavy atom. The van der Waals surface area contributed by atoms with Crippen LogP contribution in [0.2, 0.25) is 0 Å². The van der Waals surface area contributed by atoms with Gasteiger partial charge in [0.25, 0.3) is 5.91 Å². The maximum atomic E-state index is 12.9. The van der Waals surface area contributed by atoms with Crippen LogP contribution in [-0.2, 0) is 6.54 Å². The van der Waals surface area contributed by atoms with Gasteiger partial charge in [-0.1, -0.05) is 13.8 Å². The molecule has 3 rings (SSSR count). The number of amides is 1. The van der Waals surface area contributed by atoms with Crippen molar-refractivity contribution in [3.8, 4) is 5.75 Å². The second kappa shape index (κ2) is 7.17. The van der Waals surface area contributed by atoms with Gasteiger partial charge in [0.2, 0.25) is 0 Å². The average Bonchev–Trinajstić information content (AvgIpc) is 3.07. The number of carbonyl (C=O) groups is 1. The molecule has 25 heavy (non-hydrogen) atoms. The van der Waals surface area contributed by atoms with Gasteiger partial charge in [0, 0.05) is 38.4 Å². The van der Waals surface area contributed by atoms with Gasteiger partial charge in [0.1, 0.15) is 11.4 Å². The molecule has 0 unspecified atom stereocenters. The summed E-state index contributed by atoms with van der Waals surface area (Å²) in [4.78, 5) is 17.1. The summed E-state index contributed by atoms with van der Waals surface area (Å²) in [6.45, 7) is 9.83. The van der Waals surface area contributed by atoms with Gasteiger partial charge in [-0.15, -0.1) is 0 Å². The number of piperazine rings is 1. The van der Waals surface area contributed by atoms with E-state index in [1.165, 1.54) is 0 Å². The molecule has 1 fully saturated rings. The van der Waals surface area contributed by atoms with Crippen LogP contribution in [0.25, 0.3) is 0 Å². The minimum Gasteiger partial charge on any atom is -0.508 e. The van der Waals surface area contributed by atoms with Crippen LogP contribution in [-0.4, -0.2) is 51.9 Å². The number of phenolic OH excluding ortho intramolecular Hbond substituents is 1. The summed E-state index contributed by atoms with van der Waals surface area (Å²) in [6.07, 6.45) is 0. The molecule has 6 nitrogen and oxygen atoms in total. The van der Waals surface area contributed by atoms with Gasteiger partial charge in [-0.05, 0) is 43.2 Å². The summed E-state index contributed by atoms with van der Waals surface area (Å²) in [5.41, 5.74) is 2.72. The monoisotopic (exact) mass is 342 g/mol. The zero-order chi connectivity index (χ0) is 18.0. The van der Waals surface area contributed by atoms with Crippen LogP contribution in [0, 0.1) is 0 Å². The van der Waals surface area contributed by atoms with E-state index in [4.69, 9.17) is 0 Å². The molecule has 1 amide bonds. The normalized spacial score (nSPS) is 15.0. The van der Waals surface area contributed by atoms with Gasteiger partial charge in [-0.3, -0.25) is 9.48 Å². The Labute approximate surface area is 148 Å². The molecule has 1 aliphatic rings. The predicted octanol–water partition coefficient (Wildman–Crippen LogP) is 2.69. The highest BCUT2D eigenvalue weighted by atomic mass is 16.3. The lowest BCUT2D eigenvalue weighted by Crippen LogP contribution is -2.49. The number of nitrogens with zero attached hydrogens (tertiary/aromatic N) is 4. The second-order valence-corrected chi connectivity index (χ2v) is 6.72. The lowest BCUT2D eigenvalue weighted by molar-refractivity contribution is 0.0734. The molecule has 0 spiro atoms. The number of aryl methyl sites for hydroxylation is 1. The maximum Gasteiger partial charge on any atom is 0.272 e. The maximum absolute atomic E-state index is 12.9. The van der Waals surface area contributed by atoms with Gasteiger partial charge in [0.15, 0.2) is 0 Å². The van der Waals surface area contributed by atoms with Crippen molar-refractivity contribution < 1.29 is 9.90 Å². The number of hydrogen-bond donors (Lipinski definition) is 1. The van der Waals surface area contributed by atoms with Crippen LogP contribution in [0.1, 0.15) is 42.9 Å². The lowest BCUT2D eigenvalue weighted by Gasteiger charge is -2.36. The van der Waals surface area contributed by atoms with E-state index in [0.29, 0.717) is 31.2 Å². The fraction of sp³-hybridized carbons (Fsp3) is 0.474. The highest BCUT2D eigenvalue weighted by Gasteiger charge is 2.25. The number of hydrogen-bond acceptors (Lipinski definition) is 4. The zero-order valence-corrected chi connectivity index (χ0v) is 15.1. The van der Waals surface area contributed by atoms with Crippen LogP contribution >= 0.6 is 0 Å². The van der Waals surface area contributed by atoms with E-state index in [2.05, 4.69) is 23.8 Å². The average molecular weight is 342 g/mol. The SMILES string of the molecule is CCn1nc(C(C)C)cc1C(=O)N1CCN(c2ccc(O)cc2)CC1. The predicted molar refractivity (Wildman–Crippen MR) is 98.2 cm³/mol. The van der Waals surface area contributed by atoms with Crippen molar-refractivity contribution in [2.75, 3.05) is 31.1 Å². The first kappa shape index (κ1) is 17.3. The lowest BCUT2D eigenvalue weighted by atomic mass is 10.1. The number of aromatic nitrogens is 2. The van der Waals surface area contributed by atoms with Crippen molar-refractivity contribution in [2.24, 2.45) is 0 Å². The third-order valence-corrected chi connectivity index (χ3v) is 4.69. The molecule has 0 radical (unpaired) electrons. The number of anilines is 1. The van der Waals surface area contributed by atoms with Crippen LogP contribution in [0.5, 0.6) is 5.75 Å². The van der Waals surface area contributed by atoms with E-state index in [1.807, 2.05) is 34.7 Å². The molecule has 1 aromatic heterocycles. The van der Waals surface area contributed by atoms with Gasteiger partial charge in [0.05, 0.1) is 5.69 Å². The summed E-state index contributed by atoms with van der Waals surface area (Å²) in [6, 6.07) is 9.14. The Bertz CT molecular complexity index is 728. The zero-order valence-electron chi connectivity index (χ0n) is 15.1. The van der Waals surface area contributed by atoms with Gasteiger partial charge in [-0.2, -0.15) is 5.10 Å². The molecule has 2 aromatic rings. The van der Waals surface area contributed by atoms with Crippen molar-refractivity contribution >= 4 is 11.6 Å². The third kappa shape index (κ3) is 3.62. The summed E-state index contributed by atoms with van der Waals surface area (Å²) in [7, 11) is 0. The molecule has 1 N–H and O–H groups in total. The molecule has 2 heterocycles. The van der Waals surface area contributed by atoms with Crippen molar-refractivity contribution in [2.45, 2.75) is 33.2 Å². The minimum absolute atomic E-state index is 0.0617. The standard InChI is InChI=1S/C19H26N4O2/c1-4-23-18(13-17(20-23)14(2)3)19(25)22-11-9-21(10-12-22)15-5-7-16(24)8-6-15/h5-8,13-14,24H,4,9-12H2,1-3H3. The topological polar surface area (TPSA) is 61.6 Å². The molecular formula is C19H26N4O2. The largest absolute Gasteiger partial charge is 0.508 e. The molecule has 0 bridgehead atoms. The Morgan fingerprint density at radius 1 is 1.16 bits per heavy atom. The van der Waals surface area contributed by atoms with Crippen LogP contribution in [0.3, 0.4) is 0 Å². The first-order valence-corrected chi connectivity index (χ1v) is 8.90. The molecule has 1 aliphatic heterocycles. The number of carbonyl (C=O) groups excluding carboxylic acids is 1.